The summed E-state index contributed by atoms with van der Waals surface area (Å²) in [6.45, 7) is 0. The lowest BCUT2D eigenvalue weighted by Crippen LogP contribution is -2.49. The topological polar surface area (TPSA) is 21.3 Å². The van der Waals surface area contributed by atoms with Gasteiger partial charge in [-0.05, 0) is 44.0 Å². The Kier molecular flexibility index (Phi) is 3.53. The Bertz CT molecular complexity index is 357. The summed E-state index contributed by atoms with van der Waals surface area (Å²) in [5, 5.41) is 4.14. The summed E-state index contributed by atoms with van der Waals surface area (Å²) < 4.78 is 5.72. The van der Waals surface area contributed by atoms with Gasteiger partial charge in [0.15, 0.2) is 0 Å². The molecule has 0 radical (unpaired) electrons. The Balaban J connectivity index is 2.28. The van der Waals surface area contributed by atoms with E-state index < -0.39 is 0 Å². The van der Waals surface area contributed by atoms with Crippen LogP contribution < -0.4 is 5.32 Å². The number of methoxy groups -OCH3 is 1. The van der Waals surface area contributed by atoms with E-state index in [1.54, 1.807) is 7.11 Å². The smallest absolute Gasteiger partial charge is 0.0872 e. The lowest BCUT2D eigenvalue weighted by atomic mass is 9.72. The maximum atomic E-state index is 6.03. The van der Waals surface area contributed by atoms with Gasteiger partial charge in [-0.3, -0.25) is 0 Å². The molecule has 1 N–H and O–H groups in total. The Hall–Kier alpha value is -0.570. The fraction of sp³-hybridized carbons (Fsp3) is 0.538. The molecule has 0 aliphatic heterocycles. The largest absolute Gasteiger partial charge is 0.376 e. The zero-order valence-corrected chi connectivity index (χ0v) is 10.6. The molecule has 88 valence electrons. The third-order valence-corrected chi connectivity index (χ3v) is 3.84. The quantitative estimate of drug-likeness (QED) is 0.872. The normalized spacial score (nSPS) is 20.2. The summed E-state index contributed by atoms with van der Waals surface area (Å²) in [6, 6.07) is 8.24. The van der Waals surface area contributed by atoms with Crippen LogP contribution in [-0.4, -0.2) is 19.8 Å². The van der Waals surface area contributed by atoms with Gasteiger partial charge in [0.2, 0.25) is 0 Å². The molecule has 0 aromatic heterocycles. The molecule has 1 unspecified atom stereocenters. The lowest BCUT2D eigenvalue weighted by Gasteiger charge is -2.46. The molecule has 0 bridgehead atoms. The molecule has 1 fully saturated rings. The van der Waals surface area contributed by atoms with Crippen LogP contribution in [0.2, 0.25) is 5.02 Å². The first-order valence-electron chi connectivity index (χ1n) is 5.70. The van der Waals surface area contributed by atoms with Gasteiger partial charge in [-0.1, -0.05) is 23.7 Å². The summed E-state index contributed by atoms with van der Waals surface area (Å²) in [4.78, 5) is 0. The minimum absolute atomic E-state index is 0.0422. The van der Waals surface area contributed by atoms with E-state index in [0.717, 1.165) is 17.9 Å². The number of benzene rings is 1. The van der Waals surface area contributed by atoms with Crippen molar-refractivity contribution in [1.29, 1.82) is 0 Å². The van der Waals surface area contributed by atoms with E-state index in [1.807, 2.05) is 25.2 Å². The average molecular weight is 240 g/mol. The summed E-state index contributed by atoms with van der Waals surface area (Å²) in [7, 11) is 3.78. The molecule has 0 heterocycles. The van der Waals surface area contributed by atoms with E-state index in [1.165, 1.54) is 12.0 Å². The molecule has 1 aromatic carbocycles. The molecule has 1 saturated carbocycles. The van der Waals surface area contributed by atoms with Gasteiger partial charge in [0.1, 0.15) is 0 Å². The van der Waals surface area contributed by atoms with Crippen molar-refractivity contribution in [1.82, 2.24) is 5.32 Å². The SMILES string of the molecule is CNC(c1cccc(Cl)c1)C1(OC)CCC1. The molecule has 0 amide bonds. The van der Waals surface area contributed by atoms with Crippen LogP contribution in [0.15, 0.2) is 24.3 Å². The van der Waals surface area contributed by atoms with Crippen molar-refractivity contribution in [2.24, 2.45) is 0 Å². The van der Waals surface area contributed by atoms with Crippen LogP contribution >= 0.6 is 11.6 Å². The first-order chi connectivity index (χ1) is 7.72. The highest BCUT2D eigenvalue weighted by atomic mass is 35.5. The second-order valence-corrected chi connectivity index (χ2v) is 4.84. The van der Waals surface area contributed by atoms with Gasteiger partial charge < -0.3 is 10.1 Å². The minimum atomic E-state index is -0.0422. The van der Waals surface area contributed by atoms with Crippen LogP contribution in [0, 0.1) is 0 Å². The number of halogens is 1. The second kappa shape index (κ2) is 4.74. The highest BCUT2D eigenvalue weighted by molar-refractivity contribution is 6.30. The minimum Gasteiger partial charge on any atom is -0.376 e. The van der Waals surface area contributed by atoms with Gasteiger partial charge in [-0.2, -0.15) is 0 Å². The molecular formula is C13H18ClNO. The molecule has 16 heavy (non-hydrogen) atoms. The molecule has 0 saturated heterocycles. The molecule has 3 heteroatoms. The van der Waals surface area contributed by atoms with Crippen LogP contribution in [-0.2, 0) is 4.74 Å². The van der Waals surface area contributed by atoms with Crippen LogP contribution in [0.25, 0.3) is 0 Å². The van der Waals surface area contributed by atoms with E-state index >= 15 is 0 Å². The molecule has 1 aliphatic carbocycles. The number of rotatable bonds is 4. The molecular weight excluding hydrogens is 222 g/mol. The molecule has 1 aliphatic rings. The van der Waals surface area contributed by atoms with Crippen molar-refractivity contribution < 1.29 is 4.74 Å². The van der Waals surface area contributed by atoms with Crippen molar-refractivity contribution in [2.45, 2.75) is 30.9 Å². The standard InChI is InChI=1S/C13H18ClNO/c1-15-12(13(16-2)7-4-8-13)10-5-3-6-11(14)9-10/h3,5-6,9,12,15H,4,7-8H2,1-2H3. The van der Waals surface area contributed by atoms with E-state index in [2.05, 4.69) is 11.4 Å². The van der Waals surface area contributed by atoms with Crippen molar-refractivity contribution in [3.63, 3.8) is 0 Å². The molecule has 0 spiro atoms. The fourth-order valence-electron chi connectivity index (χ4n) is 2.56. The van der Waals surface area contributed by atoms with E-state index in [0.29, 0.717) is 0 Å². The van der Waals surface area contributed by atoms with Crippen molar-refractivity contribution in [2.75, 3.05) is 14.2 Å². The Morgan fingerprint density at radius 2 is 2.19 bits per heavy atom. The maximum absolute atomic E-state index is 6.03. The van der Waals surface area contributed by atoms with Gasteiger partial charge in [0.05, 0.1) is 11.6 Å². The Morgan fingerprint density at radius 3 is 2.62 bits per heavy atom. The number of hydrogen-bond donors (Lipinski definition) is 1. The third-order valence-electron chi connectivity index (χ3n) is 3.60. The van der Waals surface area contributed by atoms with Gasteiger partial charge in [-0.15, -0.1) is 0 Å². The average Bonchev–Trinajstić information content (AvgIpc) is 2.23. The molecule has 2 rings (SSSR count). The maximum Gasteiger partial charge on any atom is 0.0872 e. The van der Waals surface area contributed by atoms with Crippen LogP contribution in [0.1, 0.15) is 30.9 Å². The number of likely N-dealkylation sites (N-methyl/N-ethyl adjacent to an activating group) is 1. The van der Waals surface area contributed by atoms with Crippen molar-refractivity contribution in [3.8, 4) is 0 Å². The lowest BCUT2D eigenvalue weighted by molar-refractivity contribution is -0.0983. The van der Waals surface area contributed by atoms with E-state index in [-0.39, 0.29) is 11.6 Å². The summed E-state index contributed by atoms with van der Waals surface area (Å²) in [5.74, 6) is 0. The molecule has 1 atom stereocenters. The van der Waals surface area contributed by atoms with Crippen molar-refractivity contribution >= 4 is 11.6 Å². The summed E-state index contributed by atoms with van der Waals surface area (Å²) >= 11 is 6.03. The van der Waals surface area contributed by atoms with Crippen molar-refractivity contribution in [3.05, 3.63) is 34.9 Å². The zero-order chi connectivity index (χ0) is 11.6. The van der Waals surface area contributed by atoms with E-state index in [9.17, 15) is 0 Å². The van der Waals surface area contributed by atoms with Gasteiger partial charge in [0.25, 0.3) is 0 Å². The predicted molar refractivity (Wildman–Crippen MR) is 66.8 cm³/mol. The van der Waals surface area contributed by atoms with Crippen LogP contribution in [0.3, 0.4) is 0 Å². The summed E-state index contributed by atoms with van der Waals surface area (Å²) in [6.07, 6.45) is 3.47. The predicted octanol–water partition coefficient (Wildman–Crippen LogP) is 3.17. The third kappa shape index (κ3) is 1.97. The number of hydrogen-bond acceptors (Lipinski definition) is 2. The van der Waals surface area contributed by atoms with Gasteiger partial charge >= 0.3 is 0 Å². The van der Waals surface area contributed by atoms with E-state index in [4.69, 9.17) is 16.3 Å². The monoisotopic (exact) mass is 239 g/mol. The first-order valence-corrected chi connectivity index (χ1v) is 6.07. The number of ether oxygens (including phenoxy) is 1. The van der Waals surface area contributed by atoms with Gasteiger partial charge in [0, 0.05) is 12.1 Å². The summed E-state index contributed by atoms with van der Waals surface area (Å²) in [5.41, 5.74) is 1.16. The molecule has 2 nitrogen and oxygen atoms in total. The van der Waals surface area contributed by atoms with Crippen LogP contribution in [0.4, 0.5) is 0 Å². The highest BCUT2D eigenvalue weighted by Crippen LogP contribution is 2.44. The zero-order valence-electron chi connectivity index (χ0n) is 9.79. The Labute approximate surface area is 102 Å². The van der Waals surface area contributed by atoms with Gasteiger partial charge in [-0.25, -0.2) is 0 Å². The fourth-order valence-corrected chi connectivity index (χ4v) is 2.75. The first kappa shape index (κ1) is 11.9. The Morgan fingerprint density at radius 1 is 1.44 bits per heavy atom. The highest BCUT2D eigenvalue weighted by Gasteiger charge is 2.44. The second-order valence-electron chi connectivity index (χ2n) is 4.40. The number of nitrogens with one attached hydrogen (secondary N) is 1. The molecule has 1 aromatic rings. The van der Waals surface area contributed by atoms with Crippen LogP contribution in [0.5, 0.6) is 0 Å².